The predicted molar refractivity (Wildman–Crippen MR) is 624 cm³/mol. The zero-order chi connectivity index (χ0) is 95.1. The first-order valence-corrected chi connectivity index (χ1v) is 50.0. The normalized spacial score (nSPS) is 11.6. The number of benzene rings is 30. The number of hydrogen-bond donors (Lipinski definition) is 0. The monoisotopic (exact) mass is 1820 g/mol. The van der Waals surface area contributed by atoms with Crippen LogP contribution < -0.4 is 0 Å². The van der Waals surface area contributed by atoms with Crippen LogP contribution in [0.3, 0.4) is 0 Å². The maximum absolute atomic E-state index is 2.39. The Morgan fingerprint density at radius 2 is 0.229 bits per heavy atom. The van der Waals surface area contributed by atoms with E-state index < -0.39 is 0 Å². The van der Waals surface area contributed by atoms with E-state index in [1.165, 1.54) is 283 Å². The maximum Gasteiger partial charge on any atom is -0.00199 e. The SMILES string of the molecule is c1ccc2c(-c3c4ccccc4c(-c4cc5ccccc5c5ccccc45)c4ccccc34)cccc2c1.c1ccc2c(-c3c4ccccc4c(-c4cccc5ccccc45)c4ccccc34)cccc2c1.c1ccc2cc(-c3c4ccccc4c(-c4cc5ccccc5c5ccccc45)c4ccccc34)ccc2c1.c1ccc2cc(-c3c4ccccc4c(-c4cccc5ccccc45)c4ccccc34)ccc2c1. The molecule has 30 aromatic rings. The molecule has 0 amide bonds. The third-order valence-electron chi connectivity index (χ3n) is 30.1. The van der Waals surface area contributed by atoms with Gasteiger partial charge in [-0.3, -0.25) is 0 Å². The van der Waals surface area contributed by atoms with Crippen molar-refractivity contribution in [3.05, 3.63) is 558 Å². The predicted octanol–water partition coefficient (Wildman–Crippen LogP) is 40.8. The van der Waals surface area contributed by atoms with Crippen molar-refractivity contribution in [2.24, 2.45) is 0 Å². The molecule has 0 aliphatic carbocycles. The summed E-state index contributed by atoms with van der Waals surface area (Å²) in [6.45, 7) is 0. The number of rotatable bonds is 8. The molecule has 30 aromatic carbocycles. The summed E-state index contributed by atoms with van der Waals surface area (Å²) >= 11 is 0. The zero-order valence-corrected chi connectivity index (χ0v) is 79.1. The second kappa shape index (κ2) is 35.9. The van der Waals surface area contributed by atoms with E-state index in [-0.39, 0.29) is 0 Å². The minimum absolute atomic E-state index is 1.26. The standard InChI is InChI=1S/2C38H24.2C34H22/c1-3-15-27-25(12-1)14-11-23-31(27)37-32-19-7-9-21-34(32)38(35-22-10-8-20-33(35)37)36-24-26-13-2-4-16-28(26)29-17-5-6-18-30(29)36;1-2-12-26-23-28(22-21-25(26)11-1)37-32-17-7-9-19-34(32)38(35-20-10-8-18-33(35)37)36-24-27-13-3-4-14-29(27)30-15-5-6-16-31(30)36;1-3-15-25-23(11-1)13-9-21-27(25)33-29-17-5-7-19-31(29)34(32-20-8-6-18-30(32)33)28-22-10-14-24-12-2-4-16-26(24)28;1-2-12-25-22-26(21-20-23(25)10-1)33-29-15-5-7-17-31(29)34(32-18-8-6-16-30(32)33)28-19-9-13-24-11-3-4-14-27(24)28/h2*1-24H;2*1-22H. The molecule has 0 heteroatoms. The number of fused-ring (bicyclic) bond motifs is 20. The van der Waals surface area contributed by atoms with Crippen LogP contribution in [-0.4, -0.2) is 0 Å². The van der Waals surface area contributed by atoms with Crippen molar-refractivity contribution >= 4 is 194 Å². The lowest BCUT2D eigenvalue weighted by molar-refractivity contribution is 1.68. The smallest absolute Gasteiger partial charge is 0.00199 e. The van der Waals surface area contributed by atoms with Gasteiger partial charge in [0.25, 0.3) is 0 Å². The summed E-state index contributed by atoms with van der Waals surface area (Å²) in [6.07, 6.45) is 0. The molecule has 0 bridgehead atoms. The Morgan fingerprint density at radius 1 is 0.0694 bits per heavy atom. The van der Waals surface area contributed by atoms with Gasteiger partial charge in [0.05, 0.1) is 0 Å². The Bertz CT molecular complexity index is 10000. The molecule has 0 saturated heterocycles. The van der Waals surface area contributed by atoms with Crippen molar-refractivity contribution in [1.29, 1.82) is 0 Å². The largest absolute Gasteiger partial charge is 0.0616 e. The molecule has 0 aliphatic heterocycles. The summed E-state index contributed by atoms with van der Waals surface area (Å²) in [5.41, 5.74) is 20.7. The molecular formula is C144H92. The van der Waals surface area contributed by atoms with Crippen molar-refractivity contribution in [1.82, 2.24) is 0 Å². The van der Waals surface area contributed by atoms with Crippen molar-refractivity contribution in [3.8, 4) is 89.0 Å². The summed E-state index contributed by atoms with van der Waals surface area (Å²) in [6, 6.07) is 204. The molecule has 144 heavy (non-hydrogen) atoms. The van der Waals surface area contributed by atoms with Crippen LogP contribution in [0.4, 0.5) is 0 Å². The first kappa shape index (κ1) is 84.6. The molecular weight excluding hydrogens is 1730 g/mol. The molecule has 0 N–H and O–H groups in total. The molecule has 0 saturated carbocycles. The van der Waals surface area contributed by atoms with Crippen LogP contribution in [0.25, 0.3) is 283 Å². The zero-order valence-electron chi connectivity index (χ0n) is 79.1. The van der Waals surface area contributed by atoms with Crippen molar-refractivity contribution in [2.75, 3.05) is 0 Å². The summed E-state index contributed by atoms with van der Waals surface area (Å²) in [7, 11) is 0. The van der Waals surface area contributed by atoms with E-state index in [1.807, 2.05) is 0 Å². The lowest BCUT2D eigenvalue weighted by atomic mass is 9.83. The van der Waals surface area contributed by atoms with Crippen molar-refractivity contribution in [2.45, 2.75) is 0 Å². The molecule has 0 spiro atoms. The topological polar surface area (TPSA) is 0 Å². The molecule has 0 atom stereocenters. The fourth-order valence-corrected chi connectivity index (χ4v) is 23.9. The average Bonchev–Trinajstić information content (AvgIpc) is 0.720. The Kier molecular flexibility index (Phi) is 21.1. The van der Waals surface area contributed by atoms with E-state index in [4.69, 9.17) is 0 Å². The third kappa shape index (κ3) is 14.4. The Labute approximate surface area is 834 Å². The molecule has 0 radical (unpaired) electrons. The van der Waals surface area contributed by atoms with Gasteiger partial charge in [0.1, 0.15) is 0 Å². The van der Waals surface area contributed by atoms with Gasteiger partial charge in [-0.1, -0.05) is 534 Å². The van der Waals surface area contributed by atoms with Crippen LogP contribution in [0, 0.1) is 0 Å². The van der Waals surface area contributed by atoms with Crippen molar-refractivity contribution in [3.63, 3.8) is 0 Å². The van der Waals surface area contributed by atoms with Gasteiger partial charge in [0, 0.05) is 0 Å². The Hall–Kier alpha value is -18.7. The van der Waals surface area contributed by atoms with Crippen LogP contribution in [0.5, 0.6) is 0 Å². The molecule has 0 nitrogen and oxygen atoms in total. The maximum atomic E-state index is 2.39. The first-order valence-electron chi connectivity index (χ1n) is 50.0. The van der Waals surface area contributed by atoms with Crippen LogP contribution in [0.1, 0.15) is 0 Å². The van der Waals surface area contributed by atoms with Gasteiger partial charge in [0.2, 0.25) is 0 Å². The van der Waals surface area contributed by atoms with Gasteiger partial charge in [-0.25, -0.2) is 0 Å². The third-order valence-corrected chi connectivity index (χ3v) is 30.1. The summed E-state index contributed by atoms with van der Waals surface area (Å²) in [4.78, 5) is 0. The van der Waals surface area contributed by atoms with E-state index in [0.717, 1.165) is 0 Å². The Balaban J connectivity index is 0.0000000957. The fourth-order valence-electron chi connectivity index (χ4n) is 23.9. The van der Waals surface area contributed by atoms with Gasteiger partial charge in [-0.05, 0) is 307 Å². The van der Waals surface area contributed by atoms with E-state index in [2.05, 4.69) is 558 Å². The van der Waals surface area contributed by atoms with Crippen LogP contribution in [0.2, 0.25) is 0 Å². The summed E-state index contributed by atoms with van der Waals surface area (Å²) in [5.74, 6) is 0. The van der Waals surface area contributed by atoms with Gasteiger partial charge < -0.3 is 0 Å². The molecule has 0 aromatic heterocycles. The molecule has 668 valence electrons. The van der Waals surface area contributed by atoms with Gasteiger partial charge >= 0.3 is 0 Å². The lowest BCUT2D eigenvalue weighted by Gasteiger charge is -2.20. The molecule has 30 rings (SSSR count). The van der Waals surface area contributed by atoms with E-state index in [0.29, 0.717) is 0 Å². The van der Waals surface area contributed by atoms with Gasteiger partial charge in [-0.15, -0.1) is 0 Å². The van der Waals surface area contributed by atoms with Crippen molar-refractivity contribution < 1.29 is 0 Å². The highest BCUT2D eigenvalue weighted by molar-refractivity contribution is 6.32. The average molecular weight is 1820 g/mol. The molecule has 0 heterocycles. The van der Waals surface area contributed by atoms with Crippen LogP contribution in [-0.2, 0) is 0 Å². The van der Waals surface area contributed by atoms with E-state index in [9.17, 15) is 0 Å². The molecule has 0 aliphatic rings. The van der Waals surface area contributed by atoms with Crippen LogP contribution in [0.15, 0.2) is 558 Å². The van der Waals surface area contributed by atoms with Crippen LogP contribution >= 0.6 is 0 Å². The Morgan fingerprint density at radius 3 is 0.465 bits per heavy atom. The van der Waals surface area contributed by atoms with Gasteiger partial charge in [-0.2, -0.15) is 0 Å². The first-order chi connectivity index (χ1) is 71.5. The van der Waals surface area contributed by atoms with Gasteiger partial charge in [0.15, 0.2) is 0 Å². The second-order valence-electron chi connectivity index (χ2n) is 38.0. The highest BCUT2D eigenvalue weighted by Gasteiger charge is 2.26. The highest BCUT2D eigenvalue weighted by atomic mass is 14.3. The fraction of sp³-hybridized carbons (Fsp3) is 0. The number of hydrogen-bond acceptors (Lipinski definition) is 0. The summed E-state index contributed by atoms with van der Waals surface area (Å²) in [5, 5.41) is 46.3. The van der Waals surface area contributed by atoms with E-state index in [1.54, 1.807) is 0 Å². The second-order valence-corrected chi connectivity index (χ2v) is 38.0. The van der Waals surface area contributed by atoms with E-state index >= 15 is 0 Å². The highest BCUT2D eigenvalue weighted by Crippen LogP contribution is 2.54. The molecule has 0 fully saturated rings. The summed E-state index contributed by atoms with van der Waals surface area (Å²) < 4.78 is 0. The minimum atomic E-state index is 1.26. The lowest BCUT2D eigenvalue weighted by Crippen LogP contribution is -1.92. The quantitative estimate of drug-likeness (QED) is 0.105. The molecule has 0 unspecified atom stereocenters. The minimum Gasteiger partial charge on any atom is -0.0616 e.